The van der Waals surface area contributed by atoms with Gasteiger partial charge in [-0.2, -0.15) is 4.37 Å². The van der Waals surface area contributed by atoms with Crippen LogP contribution in [-0.4, -0.2) is 8.75 Å². The van der Waals surface area contributed by atoms with E-state index in [0.717, 1.165) is 23.0 Å². The summed E-state index contributed by atoms with van der Waals surface area (Å²) in [7, 11) is 0. The van der Waals surface area contributed by atoms with Crippen LogP contribution in [0.1, 0.15) is 5.56 Å². The molecule has 14 heavy (non-hydrogen) atoms. The number of nitrogens with zero attached hydrogens (tertiary/aromatic N) is 2. The molecule has 0 bridgehead atoms. The first kappa shape index (κ1) is 9.43. The Labute approximate surface area is 90.6 Å². The minimum Gasteiger partial charge on any atom is -0.435 e. The summed E-state index contributed by atoms with van der Waals surface area (Å²) in [6, 6.07) is 7.67. The van der Waals surface area contributed by atoms with E-state index < -0.39 is 0 Å². The van der Waals surface area contributed by atoms with E-state index in [1.54, 1.807) is 0 Å². The molecule has 0 spiro atoms. The van der Waals surface area contributed by atoms with Crippen LogP contribution in [0.3, 0.4) is 0 Å². The van der Waals surface area contributed by atoms with Crippen LogP contribution in [-0.2, 0) is 0 Å². The number of rotatable bonds is 2. The Hall–Kier alpha value is -1.13. The fraction of sp³-hybridized carbons (Fsp3) is 0.111. The molecule has 0 aliphatic carbocycles. The SMILES string of the molecule is Cc1ccccc1Oc1nsnc1Cl. The maximum absolute atomic E-state index is 5.75. The van der Waals surface area contributed by atoms with E-state index in [9.17, 15) is 0 Å². The van der Waals surface area contributed by atoms with E-state index in [4.69, 9.17) is 16.3 Å². The van der Waals surface area contributed by atoms with Gasteiger partial charge in [0.15, 0.2) is 0 Å². The molecule has 0 unspecified atom stereocenters. The molecule has 1 aromatic heterocycles. The summed E-state index contributed by atoms with van der Waals surface area (Å²) >= 11 is 6.79. The van der Waals surface area contributed by atoms with E-state index in [1.807, 2.05) is 31.2 Å². The molecule has 5 heteroatoms. The van der Waals surface area contributed by atoms with Crippen molar-refractivity contribution in [2.24, 2.45) is 0 Å². The summed E-state index contributed by atoms with van der Waals surface area (Å²) in [6.07, 6.45) is 0. The summed E-state index contributed by atoms with van der Waals surface area (Å²) in [5, 5.41) is 0.304. The molecule has 0 radical (unpaired) electrons. The third kappa shape index (κ3) is 1.86. The molecule has 0 saturated heterocycles. The largest absolute Gasteiger partial charge is 0.435 e. The Morgan fingerprint density at radius 3 is 2.71 bits per heavy atom. The fourth-order valence-corrected chi connectivity index (χ4v) is 1.62. The van der Waals surface area contributed by atoms with E-state index in [0.29, 0.717) is 11.0 Å². The van der Waals surface area contributed by atoms with Gasteiger partial charge < -0.3 is 4.74 Å². The van der Waals surface area contributed by atoms with Crippen LogP contribution in [0.15, 0.2) is 24.3 Å². The van der Waals surface area contributed by atoms with Crippen molar-refractivity contribution in [1.82, 2.24) is 8.75 Å². The van der Waals surface area contributed by atoms with Gasteiger partial charge in [0.05, 0.1) is 11.7 Å². The summed E-state index contributed by atoms with van der Waals surface area (Å²) in [5.41, 5.74) is 1.04. The molecule has 1 heterocycles. The molecular formula is C9H7ClN2OS. The van der Waals surface area contributed by atoms with Gasteiger partial charge in [0.1, 0.15) is 5.75 Å². The molecule has 72 valence electrons. The van der Waals surface area contributed by atoms with E-state index in [1.165, 1.54) is 0 Å². The molecule has 3 nitrogen and oxygen atoms in total. The highest BCUT2D eigenvalue weighted by Gasteiger charge is 2.08. The Bertz CT molecular complexity index is 444. The fourth-order valence-electron chi connectivity index (χ4n) is 1.01. The van der Waals surface area contributed by atoms with Crippen LogP contribution < -0.4 is 4.74 Å². The lowest BCUT2D eigenvalue weighted by Gasteiger charge is -2.04. The number of halogens is 1. The number of hydrogen-bond acceptors (Lipinski definition) is 4. The highest BCUT2D eigenvalue weighted by molar-refractivity contribution is 6.99. The second-order valence-electron chi connectivity index (χ2n) is 2.73. The smallest absolute Gasteiger partial charge is 0.270 e. The first-order valence-electron chi connectivity index (χ1n) is 3.99. The predicted octanol–water partition coefficient (Wildman–Crippen LogP) is 3.29. The monoisotopic (exact) mass is 226 g/mol. The van der Waals surface area contributed by atoms with Gasteiger partial charge in [-0.15, -0.1) is 4.37 Å². The molecule has 0 aliphatic rings. The lowest BCUT2D eigenvalue weighted by atomic mass is 10.2. The minimum atomic E-state index is 0.304. The molecule has 0 saturated carbocycles. The number of ether oxygens (including phenoxy) is 1. The van der Waals surface area contributed by atoms with Gasteiger partial charge in [-0.05, 0) is 18.6 Å². The van der Waals surface area contributed by atoms with Crippen LogP contribution in [0.5, 0.6) is 11.6 Å². The van der Waals surface area contributed by atoms with Crippen molar-refractivity contribution in [1.29, 1.82) is 0 Å². The molecule has 1 aromatic carbocycles. The number of benzene rings is 1. The highest BCUT2D eigenvalue weighted by Crippen LogP contribution is 2.28. The second-order valence-corrected chi connectivity index (χ2v) is 3.61. The van der Waals surface area contributed by atoms with E-state index >= 15 is 0 Å². The molecule has 0 N–H and O–H groups in total. The average Bonchev–Trinajstić information content (AvgIpc) is 2.56. The van der Waals surface area contributed by atoms with Crippen LogP contribution in [0, 0.1) is 6.92 Å². The molecular weight excluding hydrogens is 220 g/mol. The third-order valence-corrected chi connectivity index (χ3v) is 2.58. The number of aryl methyl sites for hydroxylation is 1. The standard InChI is InChI=1S/C9H7ClN2OS/c1-6-4-2-3-5-7(6)13-9-8(10)11-14-12-9/h2-5H,1H3. The molecule has 2 rings (SSSR count). The minimum absolute atomic E-state index is 0.304. The van der Waals surface area contributed by atoms with Gasteiger partial charge in [-0.3, -0.25) is 0 Å². The van der Waals surface area contributed by atoms with Gasteiger partial charge in [-0.1, -0.05) is 29.8 Å². The lowest BCUT2D eigenvalue weighted by molar-refractivity contribution is 0.464. The van der Waals surface area contributed by atoms with Crippen molar-refractivity contribution >= 4 is 23.3 Å². The molecule has 0 aliphatic heterocycles. The second kappa shape index (κ2) is 3.94. The Balaban J connectivity index is 2.28. The summed E-state index contributed by atoms with van der Waals surface area (Å²) in [4.78, 5) is 0. The Morgan fingerprint density at radius 2 is 2.07 bits per heavy atom. The predicted molar refractivity (Wildman–Crippen MR) is 56.2 cm³/mol. The number of para-hydroxylation sites is 1. The normalized spacial score (nSPS) is 10.1. The van der Waals surface area contributed by atoms with Crippen molar-refractivity contribution in [3.63, 3.8) is 0 Å². The number of aromatic nitrogens is 2. The van der Waals surface area contributed by atoms with E-state index in [2.05, 4.69) is 8.75 Å². The van der Waals surface area contributed by atoms with Crippen LogP contribution >= 0.6 is 23.3 Å². The summed E-state index contributed by atoms with van der Waals surface area (Å²) < 4.78 is 13.2. The van der Waals surface area contributed by atoms with Gasteiger partial charge in [0.2, 0.25) is 5.15 Å². The maximum atomic E-state index is 5.75. The maximum Gasteiger partial charge on any atom is 0.270 e. The first-order valence-corrected chi connectivity index (χ1v) is 5.10. The van der Waals surface area contributed by atoms with Gasteiger partial charge in [0, 0.05) is 0 Å². The first-order chi connectivity index (χ1) is 6.77. The quantitative estimate of drug-likeness (QED) is 0.788. The van der Waals surface area contributed by atoms with E-state index in [-0.39, 0.29) is 0 Å². The van der Waals surface area contributed by atoms with Gasteiger partial charge in [0.25, 0.3) is 5.88 Å². The average molecular weight is 227 g/mol. The van der Waals surface area contributed by atoms with Crippen LogP contribution in [0.4, 0.5) is 0 Å². The highest BCUT2D eigenvalue weighted by atomic mass is 35.5. The van der Waals surface area contributed by atoms with Crippen molar-refractivity contribution in [3.8, 4) is 11.6 Å². The van der Waals surface area contributed by atoms with Crippen molar-refractivity contribution < 1.29 is 4.74 Å². The van der Waals surface area contributed by atoms with Crippen molar-refractivity contribution in [3.05, 3.63) is 35.0 Å². The molecule has 2 aromatic rings. The van der Waals surface area contributed by atoms with Crippen LogP contribution in [0.2, 0.25) is 5.15 Å². The Morgan fingerprint density at radius 1 is 1.29 bits per heavy atom. The molecule has 0 fully saturated rings. The third-order valence-electron chi connectivity index (χ3n) is 1.72. The van der Waals surface area contributed by atoms with Gasteiger partial charge >= 0.3 is 0 Å². The topological polar surface area (TPSA) is 35.0 Å². The molecule has 0 atom stereocenters. The molecule has 0 amide bonds. The summed E-state index contributed by atoms with van der Waals surface area (Å²) in [5.74, 6) is 1.12. The summed E-state index contributed by atoms with van der Waals surface area (Å²) in [6.45, 7) is 1.96. The van der Waals surface area contributed by atoms with Crippen molar-refractivity contribution in [2.45, 2.75) is 6.92 Å². The lowest BCUT2D eigenvalue weighted by Crippen LogP contribution is -1.87. The zero-order chi connectivity index (χ0) is 9.97. The van der Waals surface area contributed by atoms with Crippen LogP contribution in [0.25, 0.3) is 0 Å². The van der Waals surface area contributed by atoms with Gasteiger partial charge in [-0.25, -0.2) is 0 Å². The number of hydrogen-bond donors (Lipinski definition) is 0. The zero-order valence-electron chi connectivity index (χ0n) is 7.40. The Kier molecular flexibility index (Phi) is 2.65. The zero-order valence-corrected chi connectivity index (χ0v) is 8.97. The van der Waals surface area contributed by atoms with Crippen molar-refractivity contribution in [2.75, 3.05) is 0 Å².